The van der Waals surface area contributed by atoms with Gasteiger partial charge in [-0.15, -0.1) is 0 Å². The van der Waals surface area contributed by atoms with Crippen LogP contribution in [0.15, 0.2) is 22.7 Å². The van der Waals surface area contributed by atoms with Crippen molar-refractivity contribution < 1.29 is 4.52 Å². The molecule has 2 aromatic rings. The van der Waals surface area contributed by atoms with Crippen molar-refractivity contribution in [2.24, 2.45) is 5.73 Å². The number of rotatable bonds is 4. The molecule has 0 radical (unpaired) electrons. The van der Waals surface area contributed by atoms with Gasteiger partial charge in [0, 0.05) is 23.0 Å². The van der Waals surface area contributed by atoms with E-state index in [9.17, 15) is 0 Å². The molecule has 2 N–H and O–H groups in total. The van der Waals surface area contributed by atoms with Crippen molar-refractivity contribution in [1.29, 1.82) is 0 Å². The summed E-state index contributed by atoms with van der Waals surface area (Å²) in [5.74, 6) is 1.07. The molecule has 0 spiro atoms. The molecule has 0 aliphatic carbocycles. The lowest BCUT2D eigenvalue weighted by molar-refractivity contribution is 0.309. The highest BCUT2D eigenvalue weighted by atomic mass is 35.5. The van der Waals surface area contributed by atoms with Gasteiger partial charge in [-0.05, 0) is 31.5 Å². The largest absolute Gasteiger partial charge is 0.339 e. The Morgan fingerprint density at radius 3 is 2.47 bits per heavy atom. The fraction of sp³-hybridized carbons (Fsp3) is 0.385. The molecule has 0 bridgehead atoms. The van der Waals surface area contributed by atoms with E-state index < -0.39 is 0 Å². The number of halogens is 2. The standard InChI is InChI=1S/C13H15Cl2N3O/c1-13(2,7-16)12-17-11(18-19-12)6-8-9(14)4-3-5-10(8)15/h3-5H,6-7,16H2,1-2H3. The van der Waals surface area contributed by atoms with E-state index >= 15 is 0 Å². The van der Waals surface area contributed by atoms with Crippen LogP contribution in [0, 0.1) is 0 Å². The van der Waals surface area contributed by atoms with Crippen molar-refractivity contribution in [2.45, 2.75) is 25.7 Å². The molecule has 0 aliphatic heterocycles. The van der Waals surface area contributed by atoms with Crippen LogP contribution < -0.4 is 5.73 Å². The summed E-state index contributed by atoms with van der Waals surface area (Å²) in [5, 5.41) is 5.14. The van der Waals surface area contributed by atoms with Crippen molar-refractivity contribution >= 4 is 23.2 Å². The van der Waals surface area contributed by atoms with E-state index in [2.05, 4.69) is 10.1 Å². The second-order valence-electron chi connectivity index (χ2n) is 4.98. The van der Waals surface area contributed by atoms with Crippen LogP contribution >= 0.6 is 23.2 Å². The monoisotopic (exact) mass is 299 g/mol. The molecule has 0 amide bonds. The van der Waals surface area contributed by atoms with Crippen LogP contribution in [0.25, 0.3) is 0 Å². The summed E-state index contributed by atoms with van der Waals surface area (Å²) in [6.07, 6.45) is 0.433. The molecular formula is C13H15Cl2N3O. The van der Waals surface area contributed by atoms with Crippen LogP contribution in [0.1, 0.15) is 31.1 Å². The van der Waals surface area contributed by atoms with Gasteiger partial charge in [-0.2, -0.15) is 4.98 Å². The number of hydrogen-bond acceptors (Lipinski definition) is 4. The van der Waals surface area contributed by atoms with Gasteiger partial charge in [-0.1, -0.05) is 34.4 Å². The Bertz CT molecular complexity index is 561. The minimum Gasteiger partial charge on any atom is -0.339 e. The number of aromatic nitrogens is 2. The molecule has 0 aliphatic rings. The highest BCUT2D eigenvalue weighted by Crippen LogP contribution is 2.27. The maximum atomic E-state index is 6.11. The first-order valence-corrected chi connectivity index (χ1v) is 6.65. The number of nitrogens with zero attached hydrogens (tertiary/aromatic N) is 2. The van der Waals surface area contributed by atoms with Crippen molar-refractivity contribution in [1.82, 2.24) is 10.1 Å². The second-order valence-corrected chi connectivity index (χ2v) is 5.80. The average Bonchev–Trinajstić information content (AvgIpc) is 2.83. The number of hydrogen-bond donors (Lipinski definition) is 1. The zero-order valence-corrected chi connectivity index (χ0v) is 12.3. The quantitative estimate of drug-likeness (QED) is 0.941. The molecule has 0 atom stereocenters. The molecule has 2 rings (SSSR count). The Kier molecular flexibility index (Phi) is 4.13. The Balaban J connectivity index is 2.26. The van der Waals surface area contributed by atoms with Gasteiger partial charge in [0.1, 0.15) is 0 Å². The van der Waals surface area contributed by atoms with Crippen LogP contribution in [-0.4, -0.2) is 16.7 Å². The fourth-order valence-electron chi connectivity index (χ4n) is 1.55. The maximum absolute atomic E-state index is 6.11. The predicted octanol–water partition coefficient (Wildman–Crippen LogP) is 3.20. The van der Waals surface area contributed by atoms with Crippen LogP contribution in [-0.2, 0) is 11.8 Å². The molecule has 1 heterocycles. The third-order valence-corrected chi connectivity index (χ3v) is 3.66. The van der Waals surface area contributed by atoms with Crippen LogP contribution in [0.4, 0.5) is 0 Å². The summed E-state index contributed by atoms with van der Waals surface area (Å²) in [4.78, 5) is 4.36. The SMILES string of the molecule is CC(C)(CN)c1nc(Cc2c(Cl)cccc2Cl)no1. The van der Waals surface area contributed by atoms with Gasteiger partial charge in [-0.25, -0.2) is 0 Å². The summed E-state index contributed by atoms with van der Waals surface area (Å²) in [6.45, 7) is 4.33. The summed E-state index contributed by atoms with van der Waals surface area (Å²) >= 11 is 12.2. The summed E-state index contributed by atoms with van der Waals surface area (Å²) in [5.41, 5.74) is 6.14. The molecule has 4 nitrogen and oxygen atoms in total. The molecule has 102 valence electrons. The van der Waals surface area contributed by atoms with Crippen LogP contribution in [0.3, 0.4) is 0 Å². The summed E-state index contributed by atoms with van der Waals surface area (Å²) in [6, 6.07) is 5.37. The average molecular weight is 300 g/mol. The molecule has 0 unspecified atom stereocenters. The Morgan fingerprint density at radius 2 is 1.89 bits per heavy atom. The zero-order valence-electron chi connectivity index (χ0n) is 10.8. The van der Waals surface area contributed by atoms with E-state index in [0.717, 1.165) is 5.56 Å². The van der Waals surface area contributed by atoms with Crippen molar-refractivity contribution in [3.8, 4) is 0 Å². The molecule has 19 heavy (non-hydrogen) atoms. The van der Waals surface area contributed by atoms with Gasteiger partial charge in [0.2, 0.25) is 5.89 Å². The lowest BCUT2D eigenvalue weighted by Crippen LogP contribution is -2.28. The molecule has 0 fully saturated rings. The molecule has 0 saturated heterocycles. The van der Waals surface area contributed by atoms with E-state index in [1.54, 1.807) is 18.2 Å². The third kappa shape index (κ3) is 3.08. The highest BCUT2D eigenvalue weighted by Gasteiger charge is 2.26. The van der Waals surface area contributed by atoms with Gasteiger partial charge in [-0.3, -0.25) is 0 Å². The molecule has 0 saturated carbocycles. The topological polar surface area (TPSA) is 64.9 Å². The van der Waals surface area contributed by atoms with Crippen molar-refractivity contribution in [3.63, 3.8) is 0 Å². The summed E-state index contributed by atoms with van der Waals surface area (Å²) in [7, 11) is 0. The first-order chi connectivity index (χ1) is 8.94. The van der Waals surface area contributed by atoms with Crippen molar-refractivity contribution in [2.75, 3.05) is 6.54 Å². The first kappa shape index (κ1) is 14.3. The number of benzene rings is 1. The summed E-state index contributed by atoms with van der Waals surface area (Å²) < 4.78 is 5.24. The minimum absolute atomic E-state index is 0.338. The maximum Gasteiger partial charge on any atom is 0.233 e. The lowest BCUT2D eigenvalue weighted by Gasteiger charge is -2.15. The highest BCUT2D eigenvalue weighted by molar-refractivity contribution is 6.36. The van der Waals surface area contributed by atoms with Crippen LogP contribution in [0.5, 0.6) is 0 Å². The molecule has 1 aromatic carbocycles. The normalized spacial score (nSPS) is 11.8. The fourth-order valence-corrected chi connectivity index (χ4v) is 2.08. The van der Waals surface area contributed by atoms with E-state index in [4.69, 9.17) is 33.5 Å². The Morgan fingerprint density at radius 1 is 1.26 bits per heavy atom. The molecular weight excluding hydrogens is 285 g/mol. The zero-order chi connectivity index (χ0) is 14.0. The Labute approximate surface area is 121 Å². The van der Waals surface area contributed by atoms with Gasteiger partial charge < -0.3 is 10.3 Å². The van der Waals surface area contributed by atoms with Gasteiger partial charge in [0.15, 0.2) is 5.82 Å². The van der Waals surface area contributed by atoms with Gasteiger partial charge >= 0.3 is 0 Å². The minimum atomic E-state index is -0.338. The third-order valence-electron chi connectivity index (χ3n) is 2.95. The van der Waals surface area contributed by atoms with E-state index in [1.165, 1.54) is 0 Å². The van der Waals surface area contributed by atoms with Gasteiger partial charge in [0.05, 0.1) is 5.41 Å². The van der Waals surface area contributed by atoms with Crippen LogP contribution in [0.2, 0.25) is 10.0 Å². The molecule has 6 heteroatoms. The van der Waals surface area contributed by atoms with E-state index in [1.807, 2.05) is 13.8 Å². The lowest BCUT2D eigenvalue weighted by atomic mass is 9.94. The molecule has 1 aromatic heterocycles. The Hall–Kier alpha value is -1.10. The van der Waals surface area contributed by atoms with E-state index in [-0.39, 0.29) is 5.41 Å². The van der Waals surface area contributed by atoms with Crippen molar-refractivity contribution in [3.05, 3.63) is 45.5 Å². The van der Waals surface area contributed by atoms with E-state index in [0.29, 0.717) is 34.7 Å². The predicted molar refractivity (Wildman–Crippen MR) is 75.6 cm³/mol. The smallest absolute Gasteiger partial charge is 0.233 e. The first-order valence-electron chi connectivity index (χ1n) is 5.90. The van der Waals surface area contributed by atoms with Gasteiger partial charge in [0.25, 0.3) is 0 Å². The second kappa shape index (κ2) is 5.49. The number of nitrogens with two attached hydrogens (primary N) is 1.